The van der Waals surface area contributed by atoms with Crippen molar-refractivity contribution in [2.24, 2.45) is 12.0 Å². The van der Waals surface area contributed by atoms with Crippen LogP contribution in [0.15, 0.2) is 17.4 Å². The lowest BCUT2D eigenvalue weighted by Crippen LogP contribution is -2.47. The lowest BCUT2D eigenvalue weighted by Gasteiger charge is -2.27. The summed E-state index contributed by atoms with van der Waals surface area (Å²) >= 11 is 0. The van der Waals surface area contributed by atoms with Crippen LogP contribution in [0, 0.1) is 0 Å². The molecule has 0 aromatic carbocycles. The molecule has 2 N–H and O–H groups in total. The molecule has 0 spiro atoms. The molecule has 7 heteroatoms. The molecule has 0 saturated carbocycles. The van der Waals surface area contributed by atoms with Crippen molar-refractivity contribution >= 4 is 5.96 Å². The van der Waals surface area contributed by atoms with E-state index < -0.39 is 0 Å². The summed E-state index contributed by atoms with van der Waals surface area (Å²) in [5.74, 6) is 0.803. The van der Waals surface area contributed by atoms with Gasteiger partial charge in [-0.25, -0.2) is 0 Å². The number of aromatic nitrogens is 2. The van der Waals surface area contributed by atoms with Crippen LogP contribution in [0.3, 0.4) is 0 Å². The van der Waals surface area contributed by atoms with Crippen LogP contribution in [0.2, 0.25) is 0 Å². The molecular formula is C16H30N6O. The summed E-state index contributed by atoms with van der Waals surface area (Å²) in [6.45, 7) is 4.54. The van der Waals surface area contributed by atoms with Crippen molar-refractivity contribution in [1.29, 1.82) is 0 Å². The van der Waals surface area contributed by atoms with Crippen LogP contribution in [-0.2, 0) is 11.8 Å². The van der Waals surface area contributed by atoms with Crippen LogP contribution in [-0.4, -0.2) is 67.1 Å². The summed E-state index contributed by atoms with van der Waals surface area (Å²) in [5, 5.41) is 11.0. The Morgan fingerprint density at radius 1 is 1.52 bits per heavy atom. The van der Waals surface area contributed by atoms with E-state index >= 15 is 0 Å². The van der Waals surface area contributed by atoms with Gasteiger partial charge in [-0.15, -0.1) is 0 Å². The standard InChI is InChI=1S/C16H30N6O/c1-16(7-6-8-23-16)12-19-15(17-2)18-10-14(21(3)4)13-9-20-22(5)11-13/h9,11,14H,6-8,10,12H2,1-5H3,(H2,17,18,19). The lowest BCUT2D eigenvalue weighted by molar-refractivity contribution is 0.0242. The zero-order valence-electron chi connectivity index (χ0n) is 15.0. The van der Waals surface area contributed by atoms with Gasteiger partial charge in [-0.1, -0.05) is 0 Å². The van der Waals surface area contributed by atoms with Gasteiger partial charge in [0.2, 0.25) is 0 Å². The molecule has 7 nitrogen and oxygen atoms in total. The minimum Gasteiger partial charge on any atom is -0.373 e. The third-order valence-electron chi connectivity index (χ3n) is 4.35. The Kier molecular flexibility index (Phi) is 6.01. The van der Waals surface area contributed by atoms with Gasteiger partial charge in [0.05, 0.1) is 17.8 Å². The zero-order chi connectivity index (χ0) is 16.9. The maximum Gasteiger partial charge on any atom is 0.191 e. The number of guanidine groups is 1. The first-order valence-corrected chi connectivity index (χ1v) is 8.17. The van der Waals surface area contributed by atoms with E-state index in [0.29, 0.717) is 0 Å². The fourth-order valence-corrected chi connectivity index (χ4v) is 2.87. The average molecular weight is 322 g/mol. The van der Waals surface area contributed by atoms with E-state index in [4.69, 9.17) is 4.74 Å². The van der Waals surface area contributed by atoms with E-state index in [1.807, 2.05) is 17.9 Å². The predicted octanol–water partition coefficient (Wildman–Crippen LogP) is 0.757. The third-order valence-corrected chi connectivity index (χ3v) is 4.35. The minimum atomic E-state index is -0.0814. The molecule has 2 atom stereocenters. The summed E-state index contributed by atoms with van der Waals surface area (Å²) in [7, 11) is 7.88. The first-order chi connectivity index (χ1) is 10.9. The summed E-state index contributed by atoms with van der Waals surface area (Å²) in [6.07, 6.45) is 6.19. The first kappa shape index (κ1) is 17.7. The van der Waals surface area contributed by atoms with Crippen LogP contribution < -0.4 is 10.6 Å². The molecule has 2 heterocycles. The van der Waals surface area contributed by atoms with Crippen molar-refractivity contribution in [2.75, 3.05) is 40.8 Å². The summed E-state index contributed by atoms with van der Waals surface area (Å²) in [5.41, 5.74) is 1.11. The molecular weight excluding hydrogens is 292 g/mol. The molecule has 0 bridgehead atoms. The fourth-order valence-electron chi connectivity index (χ4n) is 2.87. The van der Waals surface area contributed by atoms with Crippen LogP contribution in [0.5, 0.6) is 0 Å². The van der Waals surface area contributed by atoms with Gasteiger partial charge in [0.25, 0.3) is 0 Å². The highest BCUT2D eigenvalue weighted by atomic mass is 16.5. The van der Waals surface area contributed by atoms with E-state index in [1.165, 1.54) is 5.56 Å². The quantitative estimate of drug-likeness (QED) is 0.598. The number of aryl methyl sites for hydroxylation is 1. The SMILES string of the molecule is CN=C(NCC(c1cnn(C)c1)N(C)C)NCC1(C)CCCO1. The van der Waals surface area contributed by atoms with Crippen molar-refractivity contribution in [2.45, 2.75) is 31.4 Å². The number of nitrogens with one attached hydrogen (secondary N) is 2. The molecule has 1 fully saturated rings. The van der Waals surface area contributed by atoms with Gasteiger partial charge in [0.1, 0.15) is 0 Å². The van der Waals surface area contributed by atoms with E-state index in [-0.39, 0.29) is 11.6 Å². The predicted molar refractivity (Wildman–Crippen MR) is 92.6 cm³/mol. The van der Waals surface area contributed by atoms with Gasteiger partial charge < -0.3 is 20.3 Å². The Morgan fingerprint density at radius 2 is 2.30 bits per heavy atom. The molecule has 23 heavy (non-hydrogen) atoms. The number of hydrogen-bond donors (Lipinski definition) is 2. The molecule has 1 aromatic rings. The van der Waals surface area contributed by atoms with Gasteiger partial charge in [-0.3, -0.25) is 9.67 Å². The summed E-state index contributed by atoms with van der Waals surface area (Å²) in [4.78, 5) is 6.49. The largest absolute Gasteiger partial charge is 0.373 e. The minimum absolute atomic E-state index is 0.0814. The number of hydrogen-bond acceptors (Lipinski definition) is 4. The van der Waals surface area contributed by atoms with Crippen molar-refractivity contribution in [3.05, 3.63) is 18.0 Å². The van der Waals surface area contributed by atoms with Crippen LogP contribution in [0.25, 0.3) is 0 Å². The van der Waals surface area contributed by atoms with Crippen LogP contribution in [0.4, 0.5) is 0 Å². The highest BCUT2D eigenvalue weighted by Gasteiger charge is 2.29. The normalized spacial score (nSPS) is 23.3. The van der Waals surface area contributed by atoms with Gasteiger partial charge >= 0.3 is 0 Å². The second-order valence-corrected chi connectivity index (χ2v) is 6.64. The number of rotatable bonds is 6. The fraction of sp³-hybridized carbons (Fsp3) is 0.750. The monoisotopic (exact) mass is 322 g/mol. The molecule has 2 unspecified atom stereocenters. The Balaban J connectivity index is 1.88. The Morgan fingerprint density at radius 3 is 2.83 bits per heavy atom. The van der Waals surface area contributed by atoms with Crippen molar-refractivity contribution < 1.29 is 4.74 Å². The lowest BCUT2D eigenvalue weighted by atomic mass is 10.0. The zero-order valence-corrected chi connectivity index (χ0v) is 15.0. The maximum absolute atomic E-state index is 5.81. The Bertz CT molecular complexity index is 518. The van der Waals surface area contributed by atoms with Gasteiger partial charge in [0.15, 0.2) is 5.96 Å². The number of ether oxygens (including phenoxy) is 1. The number of likely N-dealkylation sites (N-methyl/N-ethyl adjacent to an activating group) is 1. The van der Waals surface area contributed by atoms with Gasteiger partial charge in [-0.05, 0) is 33.9 Å². The van der Waals surface area contributed by atoms with Crippen LogP contribution >= 0.6 is 0 Å². The Labute approximate surface area is 139 Å². The van der Waals surface area contributed by atoms with E-state index in [2.05, 4.69) is 52.8 Å². The van der Waals surface area contributed by atoms with Gasteiger partial charge in [0, 0.05) is 45.6 Å². The molecule has 1 aliphatic rings. The number of aliphatic imine (C=N–C) groups is 1. The maximum atomic E-state index is 5.81. The van der Waals surface area contributed by atoms with Crippen molar-refractivity contribution in [1.82, 2.24) is 25.3 Å². The molecule has 1 aliphatic heterocycles. The summed E-state index contributed by atoms with van der Waals surface area (Å²) in [6, 6.07) is 0.237. The second-order valence-electron chi connectivity index (χ2n) is 6.64. The van der Waals surface area contributed by atoms with Crippen LogP contribution in [0.1, 0.15) is 31.4 Å². The van der Waals surface area contributed by atoms with E-state index in [1.54, 1.807) is 7.05 Å². The molecule has 130 valence electrons. The summed E-state index contributed by atoms with van der Waals surface area (Å²) < 4.78 is 7.64. The molecule has 0 radical (unpaired) electrons. The third kappa shape index (κ3) is 4.94. The first-order valence-electron chi connectivity index (χ1n) is 8.17. The molecule has 0 amide bonds. The highest BCUT2D eigenvalue weighted by Crippen LogP contribution is 2.23. The molecule has 2 rings (SSSR count). The molecule has 1 saturated heterocycles. The topological polar surface area (TPSA) is 66.7 Å². The van der Waals surface area contributed by atoms with Crippen molar-refractivity contribution in [3.8, 4) is 0 Å². The average Bonchev–Trinajstić information content (AvgIpc) is 3.12. The van der Waals surface area contributed by atoms with E-state index in [0.717, 1.165) is 38.5 Å². The number of nitrogens with zero attached hydrogens (tertiary/aromatic N) is 4. The van der Waals surface area contributed by atoms with E-state index in [9.17, 15) is 0 Å². The Hall–Kier alpha value is -1.60. The smallest absolute Gasteiger partial charge is 0.191 e. The van der Waals surface area contributed by atoms with Crippen molar-refractivity contribution in [3.63, 3.8) is 0 Å². The van der Waals surface area contributed by atoms with Gasteiger partial charge in [-0.2, -0.15) is 5.10 Å². The molecule has 0 aliphatic carbocycles. The molecule has 1 aromatic heterocycles. The highest BCUT2D eigenvalue weighted by molar-refractivity contribution is 5.79. The second kappa shape index (κ2) is 7.79.